The van der Waals surface area contributed by atoms with Gasteiger partial charge in [-0.3, -0.25) is 0 Å². The molecule has 0 fully saturated rings. The Morgan fingerprint density at radius 1 is 0.500 bits per heavy atom. The molecule has 0 aliphatic rings. The Balaban J connectivity index is 0.000000165. The predicted octanol–water partition coefficient (Wildman–Crippen LogP) is 14.8. The van der Waals surface area contributed by atoms with Crippen molar-refractivity contribution in [2.45, 2.75) is 55.4 Å². The van der Waals surface area contributed by atoms with Gasteiger partial charge in [-0.15, -0.1) is 0 Å². The van der Waals surface area contributed by atoms with Crippen LogP contribution in [0.3, 0.4) is 0 Å². The van der Waals surface area contributed by atoms with Gasteiger partial charge in [0.1, 0.15) is 22.3 Å². The van der Waals surface area contributed by atoms with Crippen LogP contribution in [0.2, 0.25) is 0 Å². The first-order valence-electron chi connectivity index (χ1n) is 17.5. The fraction of sp³-hybridized carbons (Fsp3) is 0.167. The van der Waals surface area contributed by atoms with Gasteiger partial charge in [-0.05, 0) is 122 Å². The molecule has 0 N–H and O–H groups in total. The van der Waals surface area contributed by atoms with Gasteiger partial charge >= 0.3 is 0 Å². The van der Waals surface area contributed by atoms with E-state index in [0.717, 1.165) is 43.9 Å². The molecular formula is C48H48O2. The number of hydrogen-bond acceptors (Lipinski definition) is 2. The molecule has 252 valence electrons. The minimum atomic E-state index is 0.875. The number of allylic oxidation sites excluding steroid dienone is 3. The Hall–Kier alpha value is -5.60. The van der Waals surface area contributed by atoms with Crippen molar-refractivity contribution in [3.8, 4) is 22.3 Å². The summed E-state index contributed by atoms with van der Waals surface area (Å²) in [5, 5.41) is 4.48. The normalized spacial score (nSPS) is 10.8. The summed E-state index contributed by atoms with van der Waals surface area (Å²) >= 11 is 0. The number of furan rings is 2. The summed E-state index contributed by atoms with van der Waals surface area (Å²) in [6.45, 7) is 20.2. The van der Waals surface area contributed by atoms with Crippen LogP contribution in [0, 0.1) is 34.6 Å². The van der Waals surface area contributed by atoms with E-state index in [1.165, 1.54) is 50.1 Å². The third kappa shape index (κ3) is 7.51. The highest BCUT2D eigenvalue weighted by Gasteiger charge is 2.15. The molecule has 0 atom stereocenters. The highest BCUT2D eigenvalue weighted by atomic mass is 16.3. The summed E-state index contributed by atoms with van der Waals surface area (Å²) in [5.74, 6) is 0. The van der Waals surface area contributed by atoms with Crippen LogP contribution in [-0.4, -0.2) is 0 Å². The lowest BCUT2D eigenvalue weighted by Gasteiger charge is -2.12. The summed E-state index contributed by atoms with van der Waals surface area (Å²) < 4.78 is 12.0. The second-order valence-corrected chi connectivity index (χ2v) is 12.4. The maximum Gasteiger partial charge on any atom is 0.147 e. The van der Waals surface area contributed by atoms with Crippen molar-refractivity contribution >= 4 is 43.9 Å². The van der Waals surface area contributed by atoms with E-state index in [0.29, 0.717) is 0 Å². The van der Waals surface area contributed by atoms with Crippen LogP contribution in [-0.2, 0) is 0 Å². The molecule has 0 saturated carbocycles. The van der Waals surface area contributed by atoms with Crippen molar-refractivity contribution in [3.05, 3.63) is 168 Å². The molecule has 6 aromatic carbocycles. The molecule has 2 nitrogen and oxygen atoms in total. The van der Waals surface area contributed by atoms with Crippen molar-refractivity contribution in [2.75, 3.05) is 0 Å². The summed E-state index contributed by atoms with van der Waals surface area (Å²) in [4.78, 5) is 0. The fourth-order valence-corrected chi connectivity index (χ4v) is 6.18. The third-order valence-corrected chi connectivity index (χ3v) is 8.97. The molecule has 8 rings (SSSR count). The smallest absolute Gasteiger partial charge is 0.147 e. The zero-order valence-electron chi connectivity index (χ0n) is 30.7. The van der Waals surface area contributed by atoms with Gasteiger partial charge in [0.15, 0.2) is 0 Å². The van der Waals surface area contributed by atoms with Crippen LogP contribution in [0.5, 0.6) is 0 Å². The maximum absolute atomic E-state index is 6.13. The summed E-state index contributed by atoms with van der Waals surface area (Å²) in [7, 11) is 0. The number of rotatable bonds is 3. The van der Waals surface area contributed by atoms with Crippen LogP contribution < -0.4 is 0 Å². The average Bonchev–Trinajstić information content (AvgIpc) is 3.70. The quantitative estimate of drug-likeness (QED) is 0.177. The molecule has 0 bridgehead atoms. The van der Waals surface area contributed by atoms with E-state index in [1.807, 2.05) is 63.3 Å². The van der Waals surface area contributed by atoms with Gasteiger partial charge in [0.25, 0.3) is 0 Å². The van der Waals surface area contributed by atoms with Gasteiger partial charge < -0.3 is 8.83 Å². The first-order valence-corrected chi connectivity index (χ1v) is 17.5. The molecule has 2 heteroatoms. The molecule has 0 aliphatic heterocycles. The molecular weight excluding hydrogens is 609 g/mol. The number of hydrogen-bond donors (Lipinski definition) is 0. The first kappa shape index (κ1) is 35.7. The Morgan fingerprint density at radius 2 is 1.14 bits per heavy atom. The molecule has 0 amide bonds. The van der Waals surface area contributed by atoms with Crippen LogP contribution in [0.25, 0.3) is 66.1 Å². The summed E-state index contributed by atoms with van der Waals surface area (Å²) in [6.07, 6.45) is 5.58. The van der Waals surface area contributed by atoms with Crippen LogP contribution in [0.4, 0.5) is 0 Å². The largest absolute Gasteiger partial charge is 0.456 e. The van der Waals surface area contributed by atoms with Crippen LogP contribution >= 0.6 is 0 Å². The molecule has 0 aliphatic carbocycles. The van der Waals surface area contributed by atoms with Gasteiger partial charge in [0.2, 0.25) is 0 Å². The van der Waals surface area contributed by atoms with E-state index in [-0.39, 0.29) is 0 Å². The van der Waals surface area contributed by atoms with E-state index in [4.69, 9.17) is 8.83 Å². The molecule has 2 aromatic heterocycles. The van der Waals surface area contributed by atoms with E-state index in [1.54, 1.807) is 6.08 Å². The lowest BCUT2D eigenvalue weighted by Crippen LogP contribution is -1.89. The lowest BCUT2D eigenvalue weighted by molar-refractivity contribution is 0.663. The number of para-hydroxylation sites is 1. The number of fused-ring (bicyclic) bond motifs is 7. The second kappa shape index (κ2) is 16.2. The third-order valence-electron chi connectivity index (χ3n) is 8.97. The van der Waals surface area contributed by atoms with Gasteiger partial charge in [0, 0.05) is 16.2 Å². The standard InChI is InChI=1S/C22H22.C19H12O2.C5H8.C2H6/c1-15-9-11-19(13-18(15)4)20-12-10-17(3)22(14-20)21-8-6-5-7-16(21)2;1-11-6-8-16-14(10-11)12-7-9-17-18(19(12)21-16)13-4-2-3-5-15(13)20-17;1-3-5-4-2;1-2/h5-14H,1-4H3;2-10H,1H3;3-5H,1H2,2H3;1-2H3/b;;5-4+;. The fourth-order valence-electron chi connectivity index (χ4n) is 6.18. The Bertz CT molecular complexity index is 2430. The van der Waals surface area contributed by atoms with Crippen LogP contribution in [0.1, 0.15) is 48.6 Å². The van der Waals surface area contributed by atoms with Crippen LogP contribution in [0.15, 0.2) is 149 Å². The number of benzene rings is 6. The van der Waals surface area contributed by atoms with Crippen molar-refractivity contribution < 1.29 is 8.83 Å². The van der Waals surface area contributed by atoms with Gasteiger partial charge in [0.05, 0.1) is 5.39 Å². The van der Waals surface area contributed by atoms with Gasteiger partial charge in [-0.25, -0.2) is 0 Å². The number of aryl methyl sites for hydroxylation is 5. The lowest BCUT2D eigenvalue weighted by atomic mass is 9.92. The van der Waals surface area contributed by atoms with Crippen molar-refractivity contribution in [2.24, 2.45) is 0 Å². The molecule has 50 heavy (non-hydrogen) atoms. The predicted molar refractivity (Wildman–Crippen MR) is 218 cm³/mol. The van der Waals surface area contributed by atoms with E-state index in [2.05, 4.69) is 126 Å². The van der Waals surface area contributed by atoms with E-state index >= 15 is 0 Å². The molecule has 0 spiro atoms. The Labute approximate surface area is 297 Å². The Kier molecular flexibility index (Phi) is 11.6. The topological polar surface area (TPSA) is 26.3 Å². The molecule has 0 saturated heterocycles. The van der Waals surface area contributed by atoms with Crippen molar-refractivity contribution in [1.29, 1.82) is 0 Å². The first-order chi connectivity index (χ1) is 24.3. The van der Waals surface area contributed by atoms with Crippen molar-refractivity contribution in [1.82, 2.24) is 0 Å². The zero-order chi connectivity index (χ0) is 35.8. The molecule has 0 unspecified atom stereocenters. The Morgan fingerprint density at radius 3 is 1.84 bits per heavy atom. The summed E-state index contributed by atoms with van der Waals surface area (Å²) in [5.41, 5.74) is 15.4. The zero-order valence-corrected chi connectivity index (χ0v) is 30.7. The second-order valence-electron chi connectivity index (χ2n) is 12.4. The highest BCUT2D eigenvalue weighted by molar-refractivity contribution is 6.21. The monoisotopic (exact) mass is 656 g/mol. The SMILES string of the molecule is C=C/C=C/C.CC.Cc1ccc(-c2ccc(C)c(-c3ccccc3C)c2)cc1C.Cc1ccc2oc3c(ccc4oc5ccccc5c43)c2c1. The molecule has 0 radical (unpaired) electrons. The average molecular weight is 657 g/mol. The minimum Gasteiger partial charge on any atom is -0.456 e. The summed E-state index contributed by atoms with van der Waals surface area (Å²) in [6, 6.07) is 40.6. The van der Waals surface area contributed by atoms with Crippen molar-refractivity contribution in [3.63, 3.8) is 0 Å². The molecule has 2 heterocycles. The molecule has 8 aromatic rings. The van der Waals surface area contributed by atoms with Gasteiger partial charge in [-0.1, -0.05) is 123 Å². The van der Waals surface area contributed by atoms with Gasteiger partial charge in [-0.2, -0.15) is 0 Å². The highest BCUT2D eigenvalue weighted by Crippen LogP contribution is 2.39. The minimum absolute atomic E-state index is 0.875. The van der Waals surface area contributed by atoms with E-state index < -0.39 is 0 Å². The maximum atomic E-state index is 6.13. The van der Waals surface area contributed by atoms with E-state index in [9.17, 15) is 0 Å².